The highest BCUT2D eigenvalue weighted by Gasteiger charge is 2.29. The lowest BCUT2D eigenvalue weighted by Gasteiger charge is -2.17. The van der Waals surface area contributed by atoms with Gasteiger partial charge in [0.05, 0.1) is 12.7 Å². The Morgan fingerprint density at radius 3 is 3.00 bits per heavy atom. The fraction of sp³-hybridized carbons (Fsp3) is 0.533. The van der Waals surface area contributed by atoms with Crippen LogP contribution in [0.1, 0.15) is 37.0 Å². The average Bonchev–Trinajstić information content (AvgIpc) is 2.71. The van der Waals surface area contributed by atoms with Gasteiger partial charge in [-0.3, -0.25) is 4.79 Å². The van der Waals surface area contributed by atoms with Gasteiger partial charge in [-0.15, -0.1) is 0 Å². The van der Waals surface area contributed by atoms with Crippen LogP contribution in [0.15, 0.2) is 24.3 Å². The number of carbonyl (C=O) groups excluding carboxylic acids is 1. The summed E-state index contributed by atoms with van der Waals surface area (Å²) in [6, 6.07) is 8.20. The monoisotopic (exact) mass is 263 g/mol. The molecule has 4 heteroatoms. The number of carbonyl (C=O) groups is 1. The van der Waals surface area contributed by atoms with Crippen molar-refractivity contribution < 1.29 is 14.3 Å². The van der Waals surface area contributed by atoms with Crippen LogP contribution in [0.5, 0.6) is 0 Å². The lowest BCUT2D eigenvalue weighted by Crippen LogP contribution is -2.27. The van der Waals surface area contributed by atoms with E-state index in [9.17, 15) is 4.79 Å². The van der Waals surface area contributed by atoms with Crippen LogP contribution in [0, 0.1) is 0 Å². The van der Waals surface area contributed by atoms with Gasteiger partial charge in [-0.1, -0.05) is 24.3 Å². The Kier molecular flexibility index (Phi) is 4.93. The molecule has 0 fully saturated rings. The van der Waals surface area contributed by atoms with Gasteiger partial charge in [0.15, 0.2) is 0 Å². The van der Waals surface area contributed by atoms with E-state index in [1.54, 1.807) is 0 Å². The van der Waals surface area contributed by atoms with Crippen LogP contribution in [-0.4, -0.2) is 25.2 Å². The van der Waals surface area contributed by atoms with Crippen molar-refractivity contribution in [2.75, 3.05) is 13.2 Å². The van der Waals surface area contributed by atoms with Gasteiger partial charge in [0.25, 0.3) is 0 Å². The van der Waals surface area contributed by atoms with Crippen LogP contribution < -0.4 is 5.73 Å². The molecule has 0 saturated carbocycles. The Morgan fingerprint density at radius 1 is 1.42 bits per heavy atom. The van der Waals surface area contributed by atoms with Gasteiger partial charge in [-0.2, -0.15) is 0 Å². The Morgan fingerprint density at radius 2 is 2.21 bits per heavy atom. The molecule has 1 aromatic rings. The molecule has 2 unspecified atom stereocenters. The van der Waals surface area contributed by atoms with Crippen molar-refractivity contribution in [2.45, 2.75) is 38.3 Å². The summed E-state index contributed by atoms with van der Waals surface area (Å²) in [6.45, 7) is 2.77. The molecule has 0 bridgehead atoms. The average molecular weight is 263 g/mol. The predicted molar refractivity (Wildman–Crippen MR) is 72.7 cm³/mol. The molecular weight excluding hydrogens is 242 g/mol. The zero-order valence-corrected chi connectivity index (χ0v) is 11.3. The Labute approximate surface area is 113 Å². The number of fused-ring (bicyclic) bond motifs is 1. The predicted octanol–water partition coefficient (Wildman–Crippen LogP) is 1.97. The molecule has 0 spiro atoms. The molecule has 0 heterocycles. The molecule has 2 N–H and O–H groups in total. The number of hydrogen-bond acceptors (Lipinski definition) is 4. The minimum Gasteiger partial charge on any atom is -0.466 e. The topological polar surface area (TPSA) is 61.5 Å². The first-order valence-electron chi connectivity index (χ1n) is 6.83. The smallest absolute Gasteiger partial charge is 0.305 e. The molecule has 0 saturated heterocycles. The molecule has 2 atom stereocenters. The molecule has 1 aromatic carbocycles. The van der Waals surface area contributed by atoms with Crippen molar-refractivity contribution in [1.82, 2.24) is 0 Å². The summed E-state index contributed by atoms with van der Waals surface area (Å²) in [7, 11) is 0. The quantitative estimate of drug-likeness (QED) is 0.629. The molecule has 0 aliphatic heterocycles. The molecule has 0 amide bonds. The van der Waals surface area contributed by atoms with Crippen molar-refractivity contribution in [2.24, 2.45) is 5.73 Å². The highest BCUT2D eigenvalue weighted by molar-refractivity contribution is 5.69. The molecule has 1 aliphatic carbocycles. The van der Waals surface area contributed by atoms with E-state index in [1.807, 2.05) is 19.1 Å². The molecule has 1 aliphatic rings. The Balaban J connectivity index is 1.79. The van der Waals surface area contributed by atoms with E-state index in [4.69, 9.17) is 15.2 Å². The summed E-state index contributed by atoms with van der Waals surface area (Å²) in [6.07, 6.45) is 1.89. The summed E-state index contributed by atoms with van der Waals surface area (Å²) < 4.78 is 10.7. The van der Waals surface area contributed by atoms with Crippen LogP contribution in [-0.2, 0) is 20.7 Å². The van der Waals surface area contributed by atoms with Crippen molar-refractivity contribution in [3.05, 3.63) is 35.4 Å². The van der Waals surface area contributed by atoms with E-state index in [2.05, 4.69) is 12.1 Å². The van der Waals surface area contributed by atoms with Crippen LogP contribution in [0.2, 0.25) is 0 Å². The number of hydrogen-bond donors (Lipinski definition) is 1. The number of nitrogens with two attached hydrogens (primary N) is 1. The summed E-state index contributed by atoms with van der Waals surface area (Å²) in [5.41, 5.74) is 8.56. The van der Waals surface area contributed by atoms with E-state index < -0.39 is 0 Å². The molecule has 0 aromatic heterocycles. The molecule has 19 heavy (non-hydrogen) atoms. The van der Waals surface area contributed by atoms with E-state index in [0.717, 1.165) is 6.42 Å². The summed E-state index contributed by atoms with van der Waals surface area (Å²) in [4.78, 5) is 11.2. The maximum atomic E-state index is 11.2. The molecular formula is C15H21NO3. The fourth-order valence-electron chi connectivity index (χ4n) is 2.46. The van der Waals surface area contributed by atoms with Gasteiger partial charge < -0.3 is 15.2 Å². The first kappa shape index (κ1) is 14.0. The van der Waals surface area contributed by atoms with Gasteiger partial charge >= 0.3 is 5.97 Å². The first-order chi connectivity index (χ1) is 9.22. The first-order valence-corrected chi connectivity index (χ1v) is 6.83. The molecule has 104 valence electrons. The minimum absolute atomic E-state index is 0.0139. The standard InChI is InChI=1S/C15H21NO3/c1-2-18-14(17)8-5-9-19-15-12-7-4-3-6-11(12)10-13(15)16/h3-4,6-7,13,15H,2,5,8-10,16H2,1H3. The summed E-state index contributed by atoms with van der Waals surface area (Å²) in [5.74, 6) is -0.165. The van der Waals surface area contributed by atoms with Crippen LogP contribution in [0.4, 0.5) is 0 Å². The zero-order chi connectivity index (χ0) is 13.7. The van der Waals surface area contributed by atoms with E-state index >= 15 is 0 Å². The highest BCUT2D eigenvalue weighted by Crippen LogP contribution is 2.33. The van der Waals surface area contributed by atoms with Crippen LogP contribution >= 0.6 is 0 Å². The van der Waals surface area contributed by atoms with Gasteiger partial charge in [0.2, 0.25) is 0 Å². The largest absolute Gasteiger partial charge is 0.466 e. The summed E-state index contributed by atoms with van der Waals surface area (Å²) in [5, 5.41) is 0. The van der Waals surface area contributed by atoms with Gasteiger partial charge in [-0.05, 0) is 30.9 Å². The number of esters is 1. The minimum atomic E-state index is -0.165. The third-order valence-electron chi connectivity index (χ3n) is 3.33. The van der Waals surface area contributed by atoms with Crippen LogP contribution in [0.25, 0.3) is 0 Å². The number of benzene rings is 1. The number of ether oxygens (including phenoxy) is 2. The normalized spacial score (nSPS) is 21.2. The third-order valence-corrected chi connectivity index (χ3v) is 3.33. The van der Waals surface area contributed by atoms with Crippen molar-refractivity contribution in [3.63, 3.8) is 0 Å². The zero-order valence-electron chi connectivity index (χ0n) is 11.3. The maximum absolute atomic E-state index is 11.2. The van der Waals surface area contributed by atoms with Crippen LogP contribution in [0.3, 0.4) is 0 Å². The summed E-state index contributed by atoms with van der Waals surface area (Å²) >= 11 is 0. The molecule has 0 radical (unpaired) electrons. The van der Waals surface area contributed by atoms with Gasteiger partial charge in [-0.25, -0.2) is 0 Å². The second-order valence-corrected chi connectivity index (χ2v) is 4.77. The van der Waals surface area contributed by atoms with Gasteiger partial charge in [0.1, 0.15) is 0 Å². The Bertz CT molecular complexity index is 433. The van der Waals surface area contributed by atoms with E-state index in [0.29, 0.717) is 26.1 Å². The van der Waals surface area contributed by atoms with E-state index in [-0.39, 0.29) is 18.1 Å². The van der Waals surface area contributed by atoms with Crippen molar-refractivity contribution in [3.8, 4) is 0 Å². The third kappa shape index (κ3) is 3.55. The highest BCUT2D eigenvalue weighted by atomic mass is 16.5. The second kappa shape index (κ2) is 6.68. The Hall–Kier alpha value is -1.39. The molecule has 2 rings (SSSR count). The van der Waals surface area contributed by atoms with Crippen molar-refractivity contribution in [1.29, 1.82) is 0 Å². The maximum Gasteiger partial charge on any atom is 0.305 e. The SMILES string of the molecule is CCOC(=O)CCCOC1c2ccccc2CC1N. The van der Waals surface area contributed by atoms with Gasteiger partial charge in [0, 0.05) is 19.1 Å². The lowest BCUT2D eigenvalue weighted by atomic mass is 10.1. The lowest BCUT2D eigenvalue weighted by molar-refractivity contribution is -0.143. The molecule has 4 nitrogen and oxygen atoms in total. The number of rotatable bonds is 6. The second-order valence-electron chi connectivity index (χ2n) is 4.77. The fourth-order valence-corrected chi connectivity index (χ4v) is 2.46. The van der Waals surface area contributed by atoms with E-state index in [1.165, 1.54) is 11.1 Å². The van der Waals surface area contributed by atoms with Crippen molar-refractivity contribution >= 4 is 5.97 Å².